The Morgan fingerprint density at radius 2 is 1.83 bits per heavy atom. The summed E-state index contributed by atoms with van der Waals surface area (Å²) in [5, 5.41) is 0. The van der Waals surface area contributed by atoms with E-state index in [0.717, 1.165) is 6.42 Å². The van der Waals surface area contributed by atoms with Crippen LogP contribution in [0.4, 0.5) is 0 Å². The van der Waals surface area contributed by atoms with Crippen molar-refractivity contribution < 1.29 is 4.74 Å². The van der Waals surface area contributed by atoms with Crippen molar-refractivity contribution in [3.05, 3.63) is 6.10 Å². The molecule has 1 atom stereocenters. The highest BCUT2D eigenvalue weighted by Gasteiger charge is 2.53. The maximum absolute atomic E-state index is 5.94. The highest BCUT2D eigenvalue weighted by atomic mass is 16.5. The van der Waals surface area contributed by atoms with Crippen molar-refractivity contribution >= 4 is 0 Å². The Labute approximate surface area is 76.5 Å². The maximum atomic E-state index is 5.94. The van der Waals surface area contributed by atoms with E-state index < -0.39 is 0 Å². The zero-order valence-corrected chi connectivity index (χ0v) is 9.19. The molecule has 0 saturated carbocycles. The lowest BCUT2D eigenvalue weighted by molar-refractivity contribution is -0.0104. The average Bonchev–Trinajstić information content (AvgIpc) is 2.06. The van der Waals surface area contributed by atoms with E-state index in [0.29, 0.717) is 5.92 Å². The molecule has 0 bridgehead atoms. The molecule has 0 amide bonds. The number of hydrogen-bond acceptors (Lipinski definition) is 1. The number of rotatable bonds is 0. The van der Waals surface area contributed by atoms with E-state index in [-0.39, 0.29) is 11.0 Å². The van der Waals surface area contributed by atoms with E-state index in [1.165, 1.54) is 6.10 Å². The molecule has 70 valence electrons. The Kier molecular flexibility index (Phi) is 2.20. The normalized spacial score (nSPS) is 29.5. The third-order valence-electron chi connectivity index (χ3n) is 2.90. The third-order valence-corrected chi connectivity index (χ3v) is 2.90. The second kappa shape index (κ2) is 2.66. The molecular formula is C11H21O+. The van der Waals surface area contributed by atoms with Gasteiger partial charge in [0.15, 0.2) is 0 Å². The van der Waals surface area contributed by atoms with Crippen molar-refractivity contribution in [3.63, 3.8) is 0 Å². The van der Waals surface area contributed by atoms with Crippen molar-refractivity contribution in [3.8, 4) is 0 Å². The van der Waals surface area contributed by atoms with Gasteiger partial charge in [-0.3, -0.25) is 0 Å². The first-order valence-corrected chi connectivity index (χ1v) is 4.79. The zero-order chi connectivity index (χ0) is 9.57. The summed E-state index contributed by atoms with van der Waals surface area (Å²) in [5.41, 5.74) is 0.255. The van der Waals surface area contributed by atoms with Gasteiger partial charge in [0.05, 0.1) is 0 Å². The van der Waals surface area contributed by atoms with Crippen LogP contribution in [0.25, 0.3) is 0 Å². The smallest absolute Gasteiger partial charge is 0.187 e. The molecule has 0 aromatic rings. The SMILES string of the molecule is C[C@@H]1C[C+](C(C)(C)C)OC1(C)C. The fourth-order valence-electron chi connectivity index (χ4n) is 1.44. The van der Waals surface area contributed by atoms with Crippen molar-refractivity contribution in [1.29, 1.82) is 0 Å². The lowest BCUT2D eigenvalue weighted by atomic mass is 9.84. The van der Waals surface area contributed by atoms with Gasteiger partial charge in [-0.2, -0.15) is 4.74 Å². The van der Waals surface area contributed by atoms with E-state index in [4.69, 9.17) is 4.74 Å². The van der Waals surface area contributed by atoms with Crippen LogP contribution in [0.1, 0.15) is 48.0 Å². The van der Waals surface area contributed by atoms with Crippen LogP contribution in [-0.4, -0.2) is 5.60 Å². The topological polar surface area (TPSA) is 9.23 Å². The van der Waals surface area contributed by atoms with Crippen molar-refractivity contribution in [2.45, 2.75) is 53.6 Å². The Bertz CT molecular complexity index is 164. The molecule has 0 aromatic carbocycles. The van der Waals surface area contributed by atoms with Crippen LogP contribution in [0.3, 0.4) is 0 Å². The molecule has 1 aliphatic rings. The molecule has 0 aliphatic carbocycles. The summed E-state index contributed by atoms with van der Waals surface area (Å²) in [6.07, 6.45) is 2.39. The number of ether oxygens (including phenoxy) is 1. The first-order chi connectivity index (χ1) is 5.23. The molecule has 1 aliphatic heterocycles. The van der Waals surface area contributed by atoms with Crippen LogP contribution < -0.4 is 0 Å². The first kappa shape index (κ1) is 9.91. The summed E-state index contributed by atoms with van der Waals surface area (Å²) >= 11 is 0. The number of hydrogen-bond donors (Lipinski definition) is 0. The quantitative estimate of drug-likeness (QED) is 0.505. The standard InChI is InChI=1S/C11H21O/c1-8-7-9(10(2,3)4)12-11(8,5)6/h8H,7H2,1-6H3/q+1/t8-/m1/s1. The van der Waals surface area contributed by atoms with Crippen LogP contribution in [-0.2, 0) is 4.74 Å². The summed E-state index contributed by atoms with van der Waals surface area (Å²) < 4.78 is 5.94. The Hall–Kier alpha value is -0.170. The van der Waals surface area contributed by atoms with E-state index in [1.54, 1.807) is 0 Å². The summed E-state index contributed by atoms with van der Waals surface area (Å²) in [7, 11) is 0. The molecule has 0 N–H and O–H groups in total. The molecular weight excluding hydrogens is 148 g/mol. The molecule has 0 radical (unpaired) electrons. The summed E-state index contributed by atoms with van der Waals surface area (Å²) in [5.74, 6) is 0.645. The fraction of sp³-hybridized carbons (Fsp3) is 0.909. The van der Waals surface area contributed by atoms with Gasteiger partial charge in [0.1, 0.15) is 17.4 Å². The molecule has 1 heterocycles. The van der Waals surface area contributed by atoms with Gasteiger partial charge in [-0.05, 0) is 34.6 Å². The van der Waals surface area contributed by atoms with Gasteiger partial charge in [-0.1, -0.05) is 6.92 Å². The lowest BCUT2D eigenvalue weighted by Gasteiger charge is -2.18. The molecule has 1 fully saturated rings. The minimum atomic E-state index is 0.0443. The predicted molar refractivity (Wildman–Crippen MR) is 51.6 cm³/mol. The molecule has 1 rings (SSSR count). The maximum Gasteiger partial charge on any atom is 0.247 e. The van der Waals surface area contributed by atoms with Crippen LogP contribution in [0.2, 0.25) is 0 Å². The Morgan fingerprint density at radius 3 is 2.00 bits per heavy atom. The predicted octanol–water partition coefficient (Wildman–Crippen LogP) is 3.40. The molecule has 0 aromatic heterocycles. The second-order valence-corrected chi connectivity index (χ2v) is 5.48. The highest BCUT2D eigenvalue weighted by molar-refractivity contribution is 5.03. The average molecular weight is 169 g/mol. The van der Waals surface area contributed by atoms with E-state index in [9.17, 15) is 0 Å². The van der Waals surface area contributed by atoms with Gasteiger partial charge >= 0.3 is 0 Å². The molecule has 12 heavy (non-hydrogen) atoms. The van der Waals surface area contributed by atoms with Gasteiger partial charge in [-0.15, -0.1) is 0 Å². The summed E-state index contributed by atoms with van der Waals surface area (Å²) in [4.78, 5) is 0. The first-order valence-electron chi connectivity index (χ1n) is 4.79. The van der Waals surface area contributed by atoms with E-state index in [2.05, 4.69) is 41.5 Å². The summed E-state index contributed by atoms with van der Waals surface area (Å²) in [6.45, 7) is 13.3. The van der Waals surface area contributed by atoms with Gasteiger partial charge in [0.25, 0.3) is 0 Å². The van der Waals surface area contributed by atoms with Crippen LogP contribution in [0.5, 0.6) is 0 Å². The Balaban J connectivity index is 2.67. The Morgan fingerprint density at radius 1 is 1.33 bits per heavy atom. The van der Waals surface area contributed by atoms with Gasteiger partial charge < -0.3 is 0 Å². The minimum absolute atomic E-state index is 0.0443. The van der Waals surface area contributed by atoms with Crippen LogP contribution in [0, 0.1) is 17.4 Å². The molecule has 1 heteroatoms. The molecule has 0 spiro atoms. The monoisotopic (exact) mass is 169 g/mol. The lowest BCUT2D eigenvalue weighted by Crippen LogP contribution is -2.26. The second-order valence-electron chi connectivity index (χ2n) is 5.48. The minimum Gasteiger partial charge on any atom is -0.187 e. The van der Waals surface area contributed by atoms with E-state index >= 15 is 0 Å². The zero-order valence-electron chi connectivity index (χ0n) is 9.19. The molecule has 1 saturated heterocycles. The van der Waals surface area contributed by atoms with Crippen LogP contribution >= 0.6 is 0 Å². The summed E-state index contributed by atoms with van der Waals surface area (Å²) in [6, 6.07) is 0. The fourth-order valence-corrected chi connectivity index (χ4v) is 1.44. The van der Waals surface area contributed by atoms with Gasteiger partial charge in [0, 0.05) is 5.92 Å². The highest BCUT2D eigenvalue weighted by Crippen LogP contribution is 2.47. The largest absolute Gasteiger partial charge is 0.247 e. The van der Waals surface area contributed by atoms with E-state index in [1.807, 2.05) is 0 Å². The third kappa shape index (κ3) is 1.77. The molecule has 1 nitrogen and oxygen atoms in total. The van der Waals surface area contributed by atoms with Crippen LogP contribution in [0.15, 0.2) is 0 Å². The molecule has 0 unspecified atom stereocenters. The van der Waals surface area contributed by atoms with Crippen molar-refractivity contribution in [2.24, 2.45) is 11.3 Å². The van der Waals surface area contributed by atoms with Crippen molar-refractivity contribution in [1.82, 2.24) is 0 Å². The van der Waals surface area contributed by atoms with Crippen molar-refractivity contribution in [2.75, 3.05) is 0 Å². The van der Waals surface area contributed by atoms with Gasteiger partial charge in [-0.25, -0.2) is 0 Å². The van der Waals surface area contributed by atoms with Gasteiger partial charge in [0.2, 0.25) is 6.10 Å².